The molecule has 0 saturated heterocycles. The van der Waals surface area contributed by atoms with E-state index in [0.717, 1.165) is 0 Å². The van der Waals surface area contributed by atoms with Crippen molar-refractivity contribution in [2.75, 3.05) is 20.8 Å². The minimum absolute atomic E-state index is 0.236. The zero-order valence-corrected chi connectivity index (χ0v) is 12.0. The molecule has 2 N–H and O–H groups in total. The maximum Gasteiger partial charge on any atom is 0.328 e. The average molecular weight is 260 g/mol. The molecule has 2 atom stereocenters. The quantitative estimate of drug-likeness (QED) is 0.661. The normalized spacial score (nSPS) is 14.8. The lowest BCUT2D eigenvalue weighted by Crippen LogP contribution is -2.51. The van der Waals surface area contributed by atoms with Gasteiger partial charge in [-0.15, -0.1) is 0 Å². The first kappa shape index (κ1) is 16.9. The first-order chi connectivity index (χ1) is 8.21. The standard InChI is InChI=1S/C12H24N2O4/c1-8(11(16)17-6)14-10(15)9(13-5)7-18-12(2,3)4/h8-9,13H,7H2,1-6H3,(H,14,15)/t8-,9+/m0/s1. The highest BCUT2D eigenvalue weighted by atomic mass is 16.5. The van der Waals surface area contributed by atoms with Crippen molar-refractivity contribution in [1.82, 2.24) is 10.6 Å². The van der Waals surface area contributed by atoms with Crippen molar-refractivity contribution in [1.29, 1.82) is 0 Å². The minimum Gasteiger partial charge on any atom is -0.467 e. The van der Waals surface area contributed by atoms with Gasteiger partial charge in [0.1, 0.15) is 12.1 Å². The topological polar surface area (TPSA) is 76.7 Å². The second-order valence-electron chi connectivity index (χ2n) is 5.02. The van der Waals surface area contributed by atoms with Crippen LogP contribution >= 0.6 is 0 Å². The number of likely N-dealkylation sites (N-methyl/N-ethyl adjacent to an activating group) is 1. The highest BCUT2D eigenvalue weighted by molar-refractivity contribution is 5.87. The van der Waals surface area contributed by atoms with Crippen LogP contribution in [-0.2, 0) is 19.1 Å². The van der Waals surface area contributed by atoms with Gasteiger partial charge >= 0.3 is 5.97 Å². The third kappa shape index (κ3) is 6.56. The number of rotatable bonds is 6. The molecule has 0 aliphatic heterocycles. The lowest BCUT2D eigenvalue weighted by Gasteiger charge is -2.24. The highest BCUT2D eigenvalue weighted by Crippen LogP contribution is 2.07. The number of esters is 1. The fraction of sp³-hybridized carbons (Fsp3) is 0.833. The van der Waals surface area contributed by atoms with Gasteiger partial charge in [-0.1, -0.05) is 0 Å². The molecule has 18 heavy (non-hydrogen) atoms. The van der Waals surface area contributed by atoms with Gasteiger partial charge in [0.15, 0.2) is 0 Å². The molecule has 0 rings (SSSR count). The van der Waals surface area contributed by atoms with Crippen LogP contribution in [0, 0.1) is 0 Å². The van der Waals surface area contributed by atoms with E-state index in [9.17, 15) is 9.59 Å². The Morgan fingerprint density at radius 3 is 2.22 bits per heavy atom. The zero-order chi connectivity index (χ0) is 14.3. The molecule has 0 radical (unpaired) electrons. The van der Waals surface area contributed by atoms with Crippen LogP contribution < -0.4 is 10.6 Å². The Labute approximate surface area is 108 Å². The van der Waals surface area contributed by atoms with Crippen molar-refractivity contribution in [2.24, 2.45) is 0 Å². The van der Waals surface area contributed by atoms with Crippen LogP contribution in [0.2, 0.25) is 0 Å². The van der Waals surface area contributed by atoms with Crippen molar-refractivity contribution < 1.29 is 19.1 Å². The lowest BCUT2D eigenvalue weighted by atomic mass is 10.2. The van der Waals surface area contributed by atoms with Gasteiger partial charge in [0.05, 0.1) is 19.3 Å². The Balaban J connectivity index is 4.31. The van der Waals surface area contributed by atoms with Crippen LogP contribution in [0.25, 0.3) is 0 Å². The van der Waals surface area contributed by atoms with Crippen LogP contribution in [0.4, 0.5) is 0 Å². The van der Waals surface area contributed by atoms with E-state index in [1.165, 1.54) is 7.11 Å². The molecule has 1 amide bonds. The molecule has 0 aliphatic rings. The van der Waals surface area contributed by atoms with Crippen molar-refractivity contribution in [3.05, 3.63) is 0 Å². The number of ether oxygens (including phenoxy) is 2. The monoisotopic (exact) mass is 260 g/mol. The number of amides is 1. The summed E-state index contributed by atoms with van der Waals surface area (Å²) in [6.45, 7) is 7.54. The van der Waals surface area contributed by atoms with E-state index in [0.29, 0.717) is 0 Å². The first-order valence-corrected chi connectivity index (χ1v) is 5.90. The third-order valence-electron chi connectivity index (χ3n) is 2.26. The molecule has 0 unspecified atom stereocenters. The smallest absolute Gasteiger partial charge is 0.328 e. The van der Waals surface area contributed by atoms with E-state index < -0.39 is 18.1 Å². The molecule has 0 bridgehead atoms. The van der Waals surface area contributed by atoms with Gasteiger partial charge in [-0.25, -0.2) is 4.79 Å². The summed E-state index contributed by atoms with van der Waals surface area (Å²) in [4.78, 5) is 23.0. The Morgan fingerprint density at radius 1 is 1.28 bits per heavy atom. The molecule has 0 spiro atoms. The van der Waals surface area contributed by atoms with Crippen LogP contribution in [-0.4, -0.2) is 50.3 Å². The SMILES string of the molecule is CN[C@H](COC(C)(C)C)C(=O)N[C@@H](C)C(=O)OC. The summed E-state index contributed by atoms with van der Waals surface area (Å²) >= 11 is 0. The molecular weight excluding hydrogens is 236 g/mol. The van der Waals surface area contributed by atoms with Gasteiger partial charge in [0, 0.05) is 0 Å². The summed E-state index contributed by atoms with van der Waals surface area (Å²) in [7, 11) is 2.95. The molecule has 106 valence electrons. The molecule has 0 heterocycles. The van der Waals surface area contributed by atoms with E-state index in [1.54, 1.807) is 14.0 Å². The largest absolute Gasteiger partial charge is 0.467 e. The summed E-state index contributed by atoms with van der Waals surface area (Å²) < 4.78 is 10.1. The Morgan fingerprint density at radius 2 is 1.83 bits per heavy atom. The zero-order valence-electron chi connectivity index (χ0n) is 12.0. The molecule has 0 fully saturated rings. The second kappa shape index (κ2) is 7.33. The number of hydrogen-bond acceptors (Lipinski definition) is 5. The van der Waals surface area contributed by atoms with E-state index in [4.69, 9.17) is 4.74 Å². The van der Waals surface area contributed by atoms with Gasteiger partial charge in [0.25, 0.3) is 0 Å². The third-order valence-corrected chi connectivity index (χ3v) is 2.26. The summed E-state index contributed by atoms with van der Waals surface area (Å²) in [5, 5.41) is 5.41. The number of hydrogen-bond donors (Lipinski definition) is 2. The number of nitrogens with one attached hydrogen (secondary N) is 2. The molecule has 6 nitrogen and oxygen atoms in total. The average Bonchev–Trinajstić information content (AvgIpc) is 2.27. The predicted molar refractivity (Wildman–Crippen MR) is 68.2 cm³/mol. The van der Waals surface area contributed by atoms with Gasteiger partial charge in [-0.2, -0.15) is 0 Å². The van der Waals surface area contributed by atoms with Crippen molar-refractivity contribution in [2.45, 2.75) is 45.4 Å². The van der Waals surface area contributed by atoms with Crippen LogP contribution in [0.5, 0.6) is 0 Å². The van der Waals surface area contributed by atoms with Gasteiger partial charge in [-0.3, -0.25) is 4.79 Å². The summed E-state index contributed by atoms with van der Waals surface area (Å²) in [6.07, 6.45) is 0. The molecule has 0 aromatic heterocycles. The maximum absolute atomic E-state index is 11.9. The maximum atomic E-state index is 11.9. The molecular formula is C12H24N2O4. The van der Waals surface area contributed by atoms with E-state index in [2.05, 4.69) is 15.4 Å². The fourth-order valence-corrected chi connectivity index (χ4v) is 1.17. The van der Waals surface area contributed by atoms with Gasteiger partial charge in [-0.05, 0) is 34.7 Å². The Bertz CT molecular complexity index is 286. The molecule has 0 aromatic rings. The van der Waals surface area contributed by atoms with E-state index in [1.807, 2.05) is 20.8 Å². The summed E-state index contributed by atoms with van der Waals surface area (Å²) in [5.74, 6) is -0.769. The van der Waals surface area contributed by atoms with Gasteiger partial charge in [0.2, 0.25) is 5.91 Å². The number of carbonyl (C=O) groups is 2. The summed E-state index contributed by atoms with van der Waals surface area (Å²) in [6, 6.07) is -1.18. The van der Waals surface area contributed by atoms with Crippen LogP contribution in [0.15, 0.2) is 0 Å². The molecule has 6 heteroatoms. The van der Waals surface area contributed by atoms with Crippen molar-refractivity contribution in [3.63, 3.8) is 0 Å². The van der Waals surface area contributed by atoms with Crippen molar-refractivity contribution >= 4 is 11.9 Å². The molecule has 0 aliphatic carbocycles. The Kier molecular flexibility index (Phi) is 6.86. The Hall–Kier alpha value is -1.14. The molecule has 0 saturated carbocycles. The van der Waals surface area contributed by atoms with E-state index in [-0.39, 0.29) is 18.1 Å². The van der Waals surface area contributed by atoms with Gasteiger partial charge < -0.3 is 20.1 Å². The van der Waals surface area contributed by atoms with E-state index >= 15 is 0 Å². The lowest BCUT2D eigenvalue weighted by molar-refractivity contribution is -0.145. The second-order valence-corrected chi connectivity index (χ2v) is 5.02. The first-order valence-electron chi connectivity index (χ1n) is 5.90. The predicted octanol–water partition coefficient (Wildman–Crippen LogP) is 0.0672. The van der Waals surface area contributed by atoms with Crippen LogP contribution in [0.1, 0.15) is 27.7 Å². The molecule has 0 aromatic carbocycles. The number of methoxy groups -OCH3 is 1. The summed E-state index contributed by atoms with van der Waals surface area (Å²) in [5.41, 5.74) is -0.316. The minimum atomic E-state index is -0.673. The number of carbonyl (C=O) groups excluding carboxylic acids is 2. The highest BCUT2D eigenvalue weighted by Gasteiger charge is 2.23. The van der Waals surface area contributed by atoms with Crippen molar-refractivity contribution in [3.8, 4) is 0 Å². The fourth-order valence-electron chi connectivity index (χ4n) is 1.17. The van der Waals surface area contributed by atoms with Crippen LogP contribution in [0.3, 0.4) is 0 Å².